The van der Waals surface area contributed by atoms with Crippen molar-refractivity contribution in [1.82, 2.24) is 4.90 Å². The van der Waals surface area contributed by atoms with Crippen LogP contribution in [-0.2, 0) is 16.3 Å². The van der Waals surface area contributed by atoms with E-state index in [1.807, 2.05) is 18.2 Å². The topological polar surface area (TPSA) is 46.6 Å². The molecule has 1 aromatic carbocycles. The molecule has 0 aromatic heterocycles. The quantitative estimate of drug-likeness (QED) is 0.792. The van der Waals surface area contributed by atoms with Crippen LogP contribution in [0.2, 0.25) is 0 Å². The molecule has 0 N–H and O–H groups in total. The summed E-state index contributed by atoms with van der Waals surface area (Å²) in [6.07, 6.45) is 1.10. The Hall–Kier alpha value is -1.07. The van der Waals surface area contributed by atoms with E-state index < -0.39 is 9.84 Å². The highest BCUT2D eigenvalue weighted by Crippen LogP contribution is 2.28. The van der Waals surface area contributed by atoms with Crippen molar-refractivity contribution in [3.63, 3.8) is 0 Å². The Morgan fingerprint density at radius 3 is 2.67 bits per heavy atom. The summed E-state index contributed by atoms with van der Waals surface area (Å²) in [5, 5.41) is 0. The minimum atomic E-state index is -2.79. The van der Waals surface area contributed by atoms with Crippen LogP contribution in [0.3, 0.4) is 0 Å². The SMILES string of the molecule is O=S1(=O)CCN(CC2Cc3ccccc3O2)CC1. The van der Waals surface area contributed by atoms with E-state index in [2.05, 4.69) is 11.0 Å². The summed E-state index contributed by atoms with van der Waals surface area (Å²) >= 11 is 0. The second-order valence-electron chi connectivity index (χ2n) is 5.00. The monoisotopic (exact) mass is 267 g/mol. The first kappa shape index (κ1) is 12.0. The van der Waals surface area contributed by atoms with E-state index in [1.165, 1.54) is 5.56 Å². The van der Waals surface area contributed by atoms with Crippen LogP contribution in [0, 0.1) is 0 Å². The molecule has 2 aliphatic rings. The smallest absolute Gasteiger partial charge is 0.152 e. The summed E-state index contributed by atoms with van der Waals surface area (Å²) in [6, 6.07) is 8.10. The maximum Gasteiger partial charge on any atom is 0.152 e. The lowest BCUT2D eigenvalue weighted by Crippen LogP contribution is -2.44. The molecule has 2 aliphatic heterocycles. The van der Waals surface area contributed by atoms with Gasteiger partial charge in [-0.25, -0.2) is 8.42 Å². The van der Waals surface area contributed by atoms with Gasteiger partial charge < -0.3 is 4.74 Å². The number of hydrogen-bond acceptors (Lipinski definition) is 4. The minimum Gasteiger partial charge on any atom is -0.488 e. The van der Waals surface area contributed by atoms with Crippen LogP contribution >= 0.6 is 0 Å². The lowest BCUT2D eigenvalue weighted by Gasteiger charge is -2.28. The number of ether oxygens (including phenoxy) is 1. The van der Waals surface area contributed by atoms with E-state index in [4.69, 9.17) is 4.74 Å². The molecule has 1 saturated heterocycles. The van der Waals surface area contributed by atoms with Crippen molar-refractivity contribution < 1.29 is 13.2 Å². The standard InChI is InChI=1S/C13H17NO3S/c15-18(16)7-5-14(6-8-18)10-12-9-11-3-1-2-4-13(11)17-12/h1-4,12H,5-10H2. The number of benzene rings is 1. The number of hydrogen-bond donors (Lipinski definition) is 0. The van der Waals surface area contributed by atoms with Crippen LogP contribution in [0.25, 0.3) is 0 Å². The molecular weight excluding hydrogens is 250 g/mol. The van der Waals surface area contributed by atoms with E-state index in [0.717, 1.165) is 18.7 Å². The van der Waals surface area contributed by atoms with Gasteiger partial charge in [0.2, 0.25) is 0 Å². The average Bonchev–Trinajstić information content (AvgIpc) is 2.74. The van der Waals surface area contributed by atoms with Crippen molar-refractivity contribution in [2.45, 2.75) is 12.5 Å². The van der Waals surface area contributed by atoms with Crippen LogP contribution in [0.15, 0.2) is 24.3 Å². The van der Waals surface area contributed by atoms with E-state index in [9.17, 15) is 8.42 Å². The molecule has 1 unspecified atom stereocenters. The van der Waals surface area contributed by atoms with Crippen molar-refractivity contribution >= 4 is 9.84 Å². The molecule has 0 amide bonds. The van der Waals surface area contributed by atoms with Crippen LogP contribution in [0.1, 0.15) is 5.56 Å². The molecule has 0 spiro atoms. The van der Waals surface area contributed by atoms with Crippen molar-refractivity contribution in [3.05, 3.63) is 29.8 Å². The van der Waals surface area contributed by atoms with Gasteiger partial charge in [-0.05, 0) is 11.6 Å². The number of para-hydroxylation sites is 1. The molecule has 98 valence electrons. The Morgan fingerprint density at radius 1 is 1.22 bits per heavy atom. The predicted molar refractivity (Wildman–Crippen MR) is 69.7 cm³/mol. The van der Waals surface area contributed by atoms with Gasteiger partial charge in [-0.15, -0.1) is 0 Å². The van der Waals surface area contributed by atoms with E-state index in [0.29, 0.717) is 13.1 Å². The zero-order valence-corrected chi connectivity index (χ0v) is 11.0. The van der Waals surface area contributed by atoms with Crippen molar-refractivity contribution in [2.75, 3.05) is 31.1 Å². The van der Waals surface area contributed by atoms with Crippen LogP contribution in [-0.4, -0.2) is 50.6 Å². The second-order valence-corrected chi connectivity index (χ2v) is 7.31. The minimum absolute atomic E-state index is 0.170. The normalized spacial score (nSPS) is 26.6. The number of rotatable bonds is 2. The van der Waals surface area contributed by atoms with Crippen LogP contribution < -0.4 is 4.74 Å². The fourth-order valence-electron chi connectivity index (χ4n) is 2.58. The molecule has 1 aromatic rings. The molecule has 2 heterocycles. The van der Waals surface area contributed by atoms with Gasteiger partial charge in [-0.2, -0.15) is 0 Å². The van der Waals surface area contributed by atoms with Gasteiger partial charge in [0, 0.05) is 26.1 Å². The molecule has 0 bridgehead atoms. The third-order valence-corrected chi connectivity index (χ3v) is 5.22. The summed E-state index contributed by atoms with van der Waals surface area (Å²) in [5.41, 5.74) is 1.26. The largest absolute Gasteiger partial charge is 0.488 e. The van der Waals surface area contributed by atoms with Gasteiger partial charge in [-0.3, -0.25) is 4.90 Å². The fourth-order valence-corrected chi connectivity index (χ4v) is 3.85. The number of fused-ring (bicyclic) bond motifs is 1. The average molecular weight is 267 g/mol. The fraction of sp³-hybridized carbons (Fsp3) is 0.538. The lowest BCUT2D eigenvalue weighted by molar-refractivity contribution is 0.157. The molecule has 4 nitrogen and oxygen atoms in total. The molecule has 0 aliphatic carbocycles. The first-order valence-electron chi connectivity index (χ1n) is 6.30. The first-order valence-corrected chi connectivity index (χ1v) is 8.12. The van der Waals surface area contributed by atoms with Crippen LogP contribution in [0.4, 0.5) is 0 Å². The molecule has 1 fully saturated rings. The molecule has 18 heavy (non-hydrogen) atoms. The van der Waals surface area contributed by atoms with Gasteiger partial charge in [0.15, 0.2) is 9.84 Å². The van der Waals surface area contributed by atoms with E-state index in [-0.39, 0.29) is 17.6 Å². The summed E-state index contributed by atoms with van der Waals surface area (Å²) in [7, 11) is -2.79. The van der Waals surface area contributed by atoms with E-state index >= 15 is 0 Å². The third-order valence-electron chi connectivity index (χ3n) is 3.61. The van der Waals surface area contributed by atoms with Gasteiger partial charge in [0.05, 0.1) is 11.5 Å². The molecule has 0 saturated carbocycles. The highest BCUT2D eigenvalue weighted by molar-refractivity contribution is 7.91. The molecule has 0 radical (unpaired) electrons. The van der Waals surface area contributed by atoms with Crippen molar-refractivity contribution in [3.8, 4) is 5.75 Å². The summed E-state index contributed by atoms with van der Waals surface area (Å²) < 4.78 is 28.6. The van der Waals surface area contributed by atoms with Gasteiger partial charge in [0.1, 0.15) is 11.9 Å². The maximum absolute atomic E-state index is 11.4. The summed E-state index contributed by atoms with van der Waals surface area (Å²) in [6.45, 7) is 2.10. The molecule has 3 rings (SSSR count). The highest BCUT2D eigenvalue weighted by Gasteiger charge is 2.27. The zero-order chi connectivity index (χ0) is 12.6. The zero-order valence-electron chi connectivity index (χ0n) is 10.2. The summed E-state index contributed by atoms with van der Waals surface area (Å²) in [4.78, 5) is 2.19. The molecule has 5 heteroatoms. The first-order chi connectivity index (χ1) is 8.62. The number of nitrogens with zero attached hydrogens (tertiary/aromatic N) is 1. The van der Waals surface area contributed by atoms with Gasteiger partial charge in [-0.1, -0.05) is 18.2 Å². The van der Waals surface area contributed by atoms with Crippen molar-refractivity contribution in [2.24, 2.45) is 0 Å². The Kier molecular flexibility index (Phi) is 3.03. The van der Waals surface area contributed by atoms with Gasteiger partial charge in [0.25, 0.3) is 0 Å². The van der Waals surface area contributed by atoms with Crippen molar-refractivity contribution in [1.29, 1.82) is 0 Å². The Bertz CT molecular complexity index is 502. The molecular formula is C13H17NO3S. The number of sulfone groups is 1. The third kappa shape index (κ3) is 2.52. The maximum atomic E-state index is 11.4. The molecule has 1 atom stereocenters. The van der Waals surface area contributed by atoms with E-state index in [1.54, 1.807) is 0 Å². The predicted octanol–water partition coefficient (Wildman–Crippen LogP) is 0.720. The Morgan fingerprint density at radius 2 is 1.94 bits per heavy atom. The van der Waals surface area contributed by atoms with Crippen LogP contribution in [0.5, 0.6) is 5.75 Å². The second kappa shape index (κ2) is 4.55. The highest BCUT2D eigenvalue weighted by atomic mass is 32.2. The lowest BCUT2D eigenvalue weighted by atomic mass is 10.1. The Labute approximate surface area is 107 Å². The van der Waals surface area contributed by atoms with Gasteiger partial charge >= 0.3 is 0 Å². The Balaban J connectivity index is 1.57. The summed E-state index contributed by atoms with van der Waals surface area (Å²) in [5.74, 6) is 1.55.